The molecule has 0 saturated heterocycles. The minimum absolute atomic E-state index is 0.146. The summed E-state index contributed by atoms with van der Waals surface area (Å²) in [6, 6.07) is -0.146. The Morgan fingerprint density at radius 1 is 1.62 bits per heavy atom. The van der Waals surface area contributed by atoms with Crippen molar-refractivity contribution >= 4 is 11.8 Å². The van der Waals surface area contributed by atoms with E-state index in [4.69, 9.17) is 5.73 Å². The van der Waals surface area contributed by atoms with Crippen LogP contribution in [0, 0.1) is 0 Å². The van der Waals surface area contributed by atoms with Crippen molar-refractivity contribution in [1.82, 2.24) is 14.9 Å². The molecule has 0 aliphatic carbocycles. The smallest absolute Gasteiger partial charge is 0.326 e. The number of rotatable bonds is 0. The van der Waals surface area contributed by atoms with Crippen LogP contribution in [0.15, 0.2) is 6.33 Å². The Bertz CT molecular complexity index is 346. The van der Waals surface area contributed by atoms with Crippen LogP contribution in [0.1, 0.15) is 11.9 Å². The molecule has 0 radical (unpaired) electrons. The van der Waals surface area contributed by atoms with Gasteiger partial charge >= 0.3 is 6.03 Å². The molecular weight excluding hydrogens is 170 g/mol. The standard InChI is InChI=1S/C7H11N5O/c1-11-5(8)4-6(10-3-9-4)12(2)7(11)13/h3,5H,8H2,1-2H3,(H,9,10). The van der Waals surface area contributed by atoms with Gasteiger partial charge in [0.1, 0.15) is 6.17 Å². The normalized spacial score (nSPS) is 22.1. The van der Waals surface area contributed by atoms with E-state index in [0.717, 1.165) is 5.69 Å². The van der Waals surface area contributed by atoms with Crippen molar-refractivity contribution in [2.75, 3.05) is 19.0 Å². The summed E-state index contributed by atoms with van der Waals surface area (Å²) in [5.41, 5.74) is 6.56. The van der Waals surface area contributed by atoms with Crippen LogP contribution in [0.25, 0.3) is 0 Å². The van der Waals surface area contributed by atoms with E-state index in [1.54, 1.807) is 14.1 Å². The molecule has 70 valence electrons. The van der Waals surface area contributed by atoms with Gasteiger partial charge in [0.2, 0.25) is 0 Å². The number of anilines is 1. The molecular formula is C7H11N5O. The summed E-state index contributed by atoms with van der Waals surface area (Å²) in [5, 5.41) is 0. The maximum absolute atomic E-state index is 11.5. The fourth-order valence-corrected chi connectivity index (χ4v) is 1.42. The summed E-state index contributed by atoms with van der Waals surface area (Å²) in [6.07, 6.45) is 1.11. The van der Waals surface area contributed by atoms with Crippen molar-refractivity contribution in [2.24, 2.45) is 5.73 Å². The van der Waals surface area contributed by atoms with E-state index in [-0.39, 0.29) is 6.03 Å². The second-order valence-corrected chi connectivity index (χ2v) is 3.04. The number of nitrogens with two attached hydrogens (primary N) is 1. The Kier molecular flexibility index (Phi) is 1.53. The highest BCUT2D eigenvalue weighted by Crippen LogP contribution is 2.28. The van der Waals surface area contributed by atoms with E-state index in [1.807, 2.05) is 0 Å². The fraction of sp³-hybridized carbons (Fsp3) is 0.429. The molecule has 6 nitrogen and oxygen atoms in total. The number of carbonyl (C=O) groups is 1. The number of amides is 2. The van der Waals surface area contributed by atoms with Crippen LogP contribution in [0.4, 0.5) is 10.6 Å². The van der Waals surface area contributed by atoms with Gasteiger partial charge < -0.3 is 15.6 Å². The van der Waals surface area contributed by atoms with Crippen LogP contribution < -0.4 is 10.6 Å². The Morgan fingerprint density at radius 2 is 2.31 bits per heavy atom. The molecule has 1 atom stereocenters. The van der Waals surface area contributed by atoms with Crippen LogP contribution >= 0.6 is 0 Å². The SMILES string of the molecule is CN1C(=O)N(C)C(N)c2[nH]cnc21. The van der Waals surface area contributed by atoms with E-state index in [9.17, 15) is 4.79 Å². The molecule has 13 heavy (non-hydrogen) atoms. The molecule has 2 heterocycles. The number of carbonyl (C=O) groups excluding carboxylic acids is 1. The number of H-pyrrole nitrogens is 1. The predicted molar refractivity (Wildman–Crippen MR) is 47.1 cm³/mol. The van der Waals surface area contributed by atoms with Crippen molar-refractivity contribution in [3.05, 3.63) is 12.0 Å². The summed E-state index contributed by atoms with van der Waals surface area (Å²) in [4.78, 5) is 21.4. The zero-order valence-electron chi connectivity index (χ0n) is 7.48. The number of nitrogens with one attached hydrogen (secondary N) is 1. The van der Waals surface area contributed by atoms with Gasteiger partial charge in [-0.2, -0.15) is 0 Å². The van der Waals surface area contributed by atoms with Gasteiger partial charge in [-0.25, -0.2) is 9.78 Å². The molecule has 0 bridgehead atoms. The third-order valence-electron chi connectivity index (χ3n) is 2.27. The molecule has 3 N–H and O–H groups in total. The number of aromatic nitrogens is 2. The molecule has 0 fully saturated rings. The molecule has 0 aromatic carbocycles. The zero-order chi connectivity index (χ0) is 9.59. The van der Waals surface area contributed by atoms with Crippen molar-refractivity contribution < 1.29 is 4.79 Å². The average Bonchev–Trinajstić information content (AvgIpc) is 2.59. The lowest BCUT2D eigenvalue weighted by Crippen LogP contribution is -2.48. The van der Waals surface area contributed by atoms with Crippen LogP contribution in [-0.2, 0) is 0 Å². The quantitative estimate of drug-likeness (QED) is 0.585. The molecule has 2 rings (SSSR count). The van der Waals surface area contributed by atoms with Crippen molar-refractivity contribution in [2.45, 2.75) is 6.17 Å². The first-order valence-electron chi connectivity index (χ1n) is 3.92. The molecule has 0 saturated carbocycles. The van der Waals surface area contributed by atoms with Crippen LogP contribution in [0.3, 0.4) is 0 Å². The second kappa shape index (κ2) is 2.46. The van der Waals surface area contributed by atoms with Crippen LogP contribution in [0.2, 0.25) is 0 Å². The Balaban J connectivity index is 2.52. The molecule has 1 aromatic rings. The minimum atomic E-state index is -0.429. The Labute approximate surface area is 75.3 Å². The van der Waals surface area contributed by atoms with Crippen molar-refractivity contribution in [1.29, 1.82) is 0 Å². The monoisotopic (exact) mass is 181 g/mol. The summed E-state index contributed by atoms with van der Waals surface area (Å²) in [5.74, 6) is 0.607. The van der Waals surface area contributed by atoms with Gasteiger partial charge in [0.05, 0.1) is 12.0 Å². The minimum Gasteiger partial charge on any atom is -0.344 e. The number of imidazole rings is 1. The van der Waals surface area contributed by atoms with E-state index in [1.165, 1.54) is 16.1 Å². The zero-order valence-corrected chi connectivity index (χ0v) is 7.48. The molecule has 0 spiro atoms. The van der Waals surface area contributed by atoms with E-state index in [0.29, 0.717) is 5.82 Å². The topological polar surface area (TPSA) is 78.3 Å². The lowest BCUT2D eigenvalue weighted by molar-refractivity contribution is 0.194. The van der Waals surface area contributed by atoms with E-state index in [2.05, 4.69) is 9.97 Å². The molecule has 6 heteroatoms. The highest BCUT2D eigenvalue weighted by molar-refractivity contribution is 5.93. The van der Waals surface area contributed by atoms with E-state index >= 15 is 0 Å². The van der Waals surface area contributed by atoms with Gasteiger partial charge in [0.25, 0.3) is 0 Å². The fourth-order valence-electron chi connectivity index (χ4n) is 1.42. The largest absolute Gasteiger partial charge is 0.344 e. The van der Waals surface area contributed by atoms with Crippen LogP contribution in [-0.4, -0.2) is 35.0 Å². The molecule has 1 aromatic heterocycles. The van der Waals surface area contributed by atoms with Gasteiger partial charge in [0, 0.05) is 14.1 Å². The lowest BCUT2D eigenvalue weighted by Gasteiger charge is -2.33. The number of aromatic amines is 1. The summed E-state index contributed by atoms with van der Waals surface area (Å²) in [7, 11) is 3.33. The Morgan fingerprint density at radius 3 is 3.00 bits per heavy atom. The summed E-state index contributed by atoms with van der Waals surface area (Å²) < 4.78 is 0. The third kappa shape index (κ3) is 0.919. The van der Waals surface area contributed by atoms with Gasteiger partial charge in [-0.15, -0.1) is 0 Å². The third-order valence-corrected chi connectivity index (χ3v) is 2.27. The van der Waals surface area contributed by atoms with Crippen molar-refractivity contribution in [3.63, 3.8) is 0 Å². The lowest BCUT2D eigenvalue weighted by atomic mass is 10.2. The molecule has 1 unspecified atom stereocenters. The first-order chi connectivity index (χ1) is 6.13. The average molecular weight is 181 g/mol. The first-order valence-corrected chi connectivity index (χ1v) is 3.92. The van der Waals surface area contributed by atoms with Gasteiger partial charge in [-0.3, -0.25) is 4.90 Å². The van der Waals surface area contributed by atoms with Crippen LogP contribution in [0.5, 0.6) is 0 Å². The second-order valence-electron chi connectivity index (χ2n) is 3.04. The van der Waals surface area contributed by atoms with E-state index < -0.39 is 6.17 Å². The molecule has 1 aliphatic heterocycles. The highest BCUT2D eigenvalue weighted by Gasteiger charge is 2.33. The van der Waals surface area contributed by atoms with Crippen molar-refractivity contribution in [3.8, 4) is 0 Å². The molecule has 2 amide bonds. The van der Waals surface area contributed by atoms with Gasteiger partial charge in [-0.1, -0.05) is 0 Å². The Hall–Kier alpha value is -1.56. The molecule has 1 aliphatic rings. The number of hydrogen-bond donors (Lipinski definition) is 2. The maximum atomic E-state index is 11.5. The summed E-state index contributed by atoms with van der Waals surface area (Å²) in [6.45, 7) is 0. The number of nitrogens with zero attached hydrogens (tertiary/aromatic N) is 3. The number of urea groups is 1. The number of fused-ring (bicyclic) bond motifs is 1. The maximum Gasteiger partial charge on any atom is 0.326 e. The first kappa shape index (κ1) is 8.06. The van der Waals surface area contributed by atoms with Gasteiger partial charge in [0.15, 0.2) is 5.82 Å². The summed E-state index contributed by atoms with van der Waals surface area (Å²) >= 11 is 0. The van der Waals surface area contributed by atoms with Gasteiger partial charge in [-0.05, 0) is 0 Å². The predicted octanol–water partition coefficient (Wildman–Crippen LogP) is -0.131. The number of hydrogen-bond acceptors (Lipinski definition) is 3. The highest BCUT2D eigenvalue weighted by atomic mass is 16.2.